The summed E-state index contributed by atoms with van der Waals surface area (Å²) >= 11 is 0. The summed E-state index contributed by atoms with van der Waals surface area (Å²) in [6.07, 6.45) is -9.92. The van der Waals surface area contributed by atoms with Crippen LogP contribution in [0.25, 0.3) is 0 Å². The number of alkyl halides is 3. The molecule has 7 nitrogen and oxygen atoms in total. The van der Waals surface area contributed by atoms with Crippen LogP contribution in [0.5, 0.6) is 6.01 Å². The molecule has 1 aromatic rings. The first-order chi connectivity index (χ1) is 9.71. The molecular weight excluding hydrogens is 304 g/mol. The Bertz CT molecular complexity index is 647. The summed E-state index contributed by atoms with van der Waals surface area (Å²) in [5, 5.41) is 18.8. The second-order valence-corrected chi connectivity index (χ2v) is 4.66. The quantitative estimate of drug-likeness (QED) is 0.668. The predicted molar refractivity (Wildman–Crippen MR) is 54.9 cm³/mol. The highest BCUT2D eigenvalue weighted by molar-refractivity contribution is 5.16. The van der Waals surface area contributed by atoms with Crippen LogP contribution in [0.1, 0.15) is 6.23 Å². The van der Waals surface area contributed by atoms with Gasteiger partial charge in [-0.05, 0) is 0 Å². The minimum absolute atomic E-state index is 0.468. The smallest absolute Gasteiger partial charge is 0.422 e. The van der Waals surface area contributed by atoms with Crippen molar-refractivity contribution in [2.45, 2.75) is 30.2 Å². The lowest BCUT2D eigenvalue weighted by Gasteiger charge is -2.32. The zero-order valence-electron chi connectivity index (χ0n) is 10.0. The van der Waals surface area contributed by atoms with Crippen LogP contribution >= 0.6 is 0 Å². The fourth-order valence-corrected chi connectivity index (χ4v) is 2.39. The molecule has 0 aromatic carbocycles. The van der Waals surface area contributed by atoms with E-state index in [0.717, 1.165) is 4.57 Å². The number of aliphatic hydroxyl groups excluding tert-OH is 2. The zero-order chi connectivity index (χ0) is 15.6. The van der Waals surface area contributed by atoms with Crippen LogP contribution in [0, 0.1) is 5.82 Å². The van der Waals surface area contributed by atoms with Gasteiger partial charge in [-0.25, -0.2) is 0 Å². The molecule has 21 heavy (non-hydrogen) atoms. The van der Waals surface area contributed by atoms with Gasteiger partial charge in [-0.15, -0.1) is 0 Å². The number of ether oxygens (including phenoxy) is 2. The normalized spacial score (nSPS) is 34.5. The minimum atomic E-state index is -5.08. The minimum Gasteiger partial charge on any atom is -0.453 e. The molecule has 1 saturated heterocycles. The third-order valence-corrected chi connectivity index (χ3v) is 3.51. The standard InChI is InChI=1S/C10H8F4N2O5/c11-3-1-16-7-4(20-8(16)15-6(3)19)5(18)9(2-17,21-7)10(12,13)14/h1,4-5,7,17-18H,2H2/t4-,5-,7+,9+/m0/s1. The summed E-state index contributed by atoms with van der Waals surface area (Å²) in [5.74, 6) is -1.31. The molecule has 3 rings (SSSR count). The van der Waals surface area contributed by atoms with E-state index in [-0.39, 0.29) is 0 Å². The summed E-state index contributed by atoms with van der Waals surface area (Å²) in [4.78, 5) is 14.2. The molecule has 0 unspecified atom stereocenters. The Kier molecular flexibility index (Phi) is 2.81. The highest BCUT2D eigenvalue weighted by Crippen LogP contribution is 2.50. The highest BCUT2D eigenvalue weighted by Gasteiger charge is 2.71. The molecule has 4 atom stereocenters. The number of aliphatic hydroxyl groups is 2. The maximum absolute atomic E-state index is 13.2. The number of aromatic nitrogens is 2. The Morgan fingerprint density at radius 2 is 2.14 bits per heavy atom. The maximum Gasteiger partial charge on any atom is 0.422 e. The zero-order valence-corrected chi connectivity index (χ0v) is 10.0. The van der Waals surface area contributed by atoms with E-state index in [9.17, 15) is 27.5 Å². The second-order valence-electron chi connectivity index (χ2n) is 4.66. The fraction of sp³-hybridized carbons (Fsp3) is 0.600. The van der Waals surface area contributed by atoms with Gasteiger partial charge < -0.3 is 19.7 Å². The molecule has 11 heteroatoms. The molecule has 3 heterocycles. The lowest BCUT2D eigenvalue weighted by molar-refractivity contribution is -0.306. The molecule has 2 aliphatic heterocycles. The summed E-state index contributed by atoms with van der Waals surface area (Å²) in [7, 11) is 0. The summed E-state index contributed by atoms with van der Waals surface area (Å²) < 4.78 is 62.7. The lowest BCUT2D eigenvalue weighted by atomic mass is 9.95. The second kappa shape index (κ2) is 4.15. The van der Waals surface area contributed by atoms with Crippen molar-refractivity contribution in [1.29, 1.82) is 0 Å². The average Bonchev–Trinajstić information content (AvgIpc) is 2.86. The Morgan fingerprint density at radius 3 is 2.71 bits per heavy atom. The van der Waals surface area contributed by atoms with E-state index in [1.54, 1.807) is 0 Å². The molecule has 0 saturated carbocycles. The maximum atomic E-state index is 13.2. The number of hydrogen-bond donors (Lipinski definition) is 2. The van der Waals surface area contributed by atoms with E-state index in [1.807, 2.05) is 0 Å². The van der Waals surface area contributed by atoms with Crippen molar-refractivity contribution < 1.29 is 37.2 Å². The van der Waals surface area contributed by atoms with Gasteiger partial charge in [-0.2, -0.15) is 22.5 Å². The van der Waals surface area contributed by atoms with Crippen molar-refractivity contribution in [2.75, 3.05) is 6.61 Å². The Hall–Kier alpha value is -1.72. The van der Waals surface area contributed by atoms with Crippen LogP contribution in [0.4, 0.5) is 17.6 Å². The molecule has 0 bridgehead atoms. The van der Waals surface area contributed by atoms with E-state index in [1.165, 1.54) is 0 Å². The van der Waals surface area contributed by atoms with Crippen molar-refractivity contribution in [2.24, 2.45) is 0 Å². The topological polar surface area (TPSA) is 93.8 Å². The van der Waals surface area contributed by atoms with Gasteiger partial charge >= 0.3 is 17.7 Å². The molecule has 0 aliphatic carbocycles. The van der Waals surface area contributed by atoms with Crippen molar-refractivity contribution >= 4 is 0 Å². The van der Waals surface area contributed by atoms with Crippen molar-refractivity contribution in [1.82, 2.24) is 9.55 Å². The summed E-state index contributed by atoms with van der Waals surface area (Å²) in [6.45, 7) is -1.54. The third-order valence-electron chi connectivity index (χ3n) is 3.51. The Morgan fingerprint density at radius 1 is 1.48 bits per heavy atom. The van der Waals surface area contributed by atoms with E-state index < -0.39 is 54.2 Å². The van der Waals surface area contributed by atoms with Gasteiger partial charge in [0.15, 0.2) is 12.3 Å². The van der Waals surface area contributed by atoms with Gasteiger partial charge in [0, 0.05) is 0 Å². The number of rotatable bonds is 1. The molecule has 0 radical (unpaired) electrons. The summed E-state index contributed by atoms with van der Waals surface area (Å²) in [5.41, 5.74) is -4.50. The number of fused-ring (bicyclic) bond motifs is 3. The van der Waals surface area contributed by atoms with Crippen LogP contribution in [0.3, 0.4) is 0 Å². The SMILES string of the molecule is O=c1nc2n(cc1F)[C@@H]1O[C@@](CO)(C(F)(F)F)[C@@H](O)[C@@H]1O2. The Balaban J connectivity index is 2.06. The van der Waals surface area contributed by atoms with Crippen molar-refractivity contribution in [3.8, 4) is 6.01 Å². The van der Waals surface area contributed by atoms with Crippen LogP contribution in [0.2, 0.25) is 0 Å². The highest BCUT2D eigenvalue weighted by atomic mass is 19.4. The van der Waals surface area contributed by atoms with Gasteiger partial charge in [0.25, 0.3) is 0 Å². The number of hydrogen-bond acceptors (Lipinski definition) is 6. The van der Waals surface area contributed by atoms with Gasteiger partial charge in [-0.1, -0.05) is 0 Å². The predicted octanol–water partition coefficient (Wildman–Crippen LogP) is -0.673. The molecule has 1 aromatic heterocycles. The van der Waals surface area contributed by atoms with E-state index in [0.29, 0.717) is 6.20 Å². The van der Waals surface area contributed by atoms with Gasteiger partial charge in [0.1, 0.15) is 6.10 Å². The molecular formula is C10H8F4N2O5. The first-order valence-electron chi connectivity index (χ1n) is 5.70. The van der Waals surface area contributed by atoms with Gasteiger partial charge in [0.2, 0.25) is 11.4 Å². The molecule has 0 amide bonds. The lowest BCUT2D eigenvalue weighted by Crippen LogP contribution is -2.58. The average molecular weight is 312 g/mol. The van der Waals surface area contributed by atoms with E-state index in [4.69, 9.17) is 14.6 Å². The van der Waals surface area contributed by atoms with Crippen molar-refractivity contribution in [3.05, 3.63) is 22.4 Å². The van der Waals surface area contributed by atoms with Gasteiger partial charge in [-0.3, -0.25) is 9.36 Å². The van der Waals surface area contributed by atoms with E-state index >= 15 is 0 Å². The number of halogens is 4. The number of nitrogens with zero attached hydrogens (tertiary/aromatic N) is 2. The van der Waals surface area contributed by atoms with Crippen LogP contribution in [0.15, 0.2) is 11.0 Å². The third kappa shape index (κ3) is 1.71. The van der Waals surface area contributed by atoms with Gasteiger partial charge in [0.05, 0.1) is 12.8 Å². The molecule has 116 valence electrons. The Labute approximate surface area is 113 Å². The molecule has 2 aliphatic rings. The largest absolute Gasteiger partial charge is 0.453 e. The molecule has 1 fully saturated rings. The first kappa shape index (κ1) is 14.2. The van der Waals surface area contributed by atoms with E-state index in [2.05, 4.69) is 4.98 Å². The van der Waals surface area contributed by atoms with Crippen molar-refractivity contribution in [3.63, 3.8) is 0 Å². The van der Waals surface area contributed by atoms with Crippen LogP contribution in [-0.2, 0) is 4.74 Å². The first-order valence-corrected chi connectivity index (χ1v) is 5.70. The van der Waals surface area contributed by atoms with Crippen LogP contribution < -0.4 is 10.3 Å². The molecule has 2 N–H and O–H groups in total. The fourth-order valence-electron chi connectivity index (χ4n) is 2.39. The summed E-state index contributed by atoms with van der Waals surface area (Å²) in [6, 6.07) is -0.468. The van der Waals surface area contributed by atoms with Crippen LogP contribution in [-0.4, -0.2) is 50.4 Å². The monoisotopic (exact) mass is 312 g/mol. The molecule has 0 spiro atoms.